The minimum absolute atomic E-state index is 0.249. The summed E-state index contributed by atoms with van der Waals surface area (Å²) in [7, 11) is 5.89. The second-order valence-electron chi connectivity index (χ2n) is 8.29. The van der Waals surface area contributed by atoms with Gasteiger partial charge in [-0.05, 0) is 64.3 Å². The van der Waals surface area contributed by atoms with Gasteiger partial charge < -0.3 is 15.1 Å². The summed E-state index contributed by atoms with van der Waals surface area (Å²) in [6.45, 7) is 5.19. The van der Waals surface area contributed by atoms with Gasteiger partial charge in [-0.15, -0.1) is 0 Å². The van der Waals surface area contributed by atoms with E-state index in [2.05, 4.69) is 10.2 Å². The molecule has 0 saturated heterocycles. The van der Waals surface area contributed by atoms with Gasteiger partial charge in [0.1, 0.15) is 5.66 Å². The number of anilines is 3. The molecule has 1 aliphatic heterocycles. The lowest BCUT2D eigenvalue weighted by Crippen LogP contribution is -2.57. The van der Waals surface area contributed by atoms with Crippen LogP contribution < -0.4 is 15.1 Å². The number of carbonyl (C=O) groups is 1. The Hall–Kier alpha value is -2.74. The summed E-state index contributed by atoms with van der Waals surface area (Å²) >= 11 is 0. The molecule has 0 spiro atoms. The second kappa shape index (κ2) is 7.83. The molecule has 162 valence electrons. The Labute approximate surface area is 175 Å². The van der Waals surface area contributed by atoms with E-state index >= 15 is 0 Å². The summed E-state index contributed by atoms with van der Waals surface area (Å²) in [5, 5.41) is 3.37. The Balaban J connectivity index is 2.01. The number of hydrogen-bond acceptors (Lipinski definition) is 4. The van der Waals surface area contributed by atoms with E-state index < -0.39 is 17.4 Å². The monoisotopic (exact) mass is 420 g/mol. The maximum Gasteiger partial charge on any atom is 0.416 e. The van der Waals surface area contributed by atoms with E-state index in [4.69, 9.17) is 0 Å². The van der Waals surface area contributed by atoms with Crippen LogP contribution in [-0.4, -0.2) is 50.7 Å². The molecule has 0 fully saturated rings. The molecule has 0 atom stereocenters. The van der Waals surface area contributed by atoms with Crippen LogP contribution in [0.15, 0.2) is 42.5 Å². The molecule has 0 bridgehead atoms. The zero-order chi connectivity index (χ0) is 22.3. The summed E-state index contributed by atoms with van der Waals surface area (Å²) in [5.41, 5.74) is 0.845. The van der Waals surface area contributed by atoms with Crippen molar-refractivity contribution in [3.63, 3.8) is 0 Å². The van der Waals surface area contributed by atoms with Crippen molar-refractivity contribution in [2.45, 2.75) is 25.7 Å². The van der Waals surface area contributed by atoms with Crippen LogP contribution in [0.4, 0.5) is 30.2 Å². The molecular formula is C22H27F3N4O. The Kier molecular flexibility index (Phi) is 5.73. The fraction of sp³-hybridized carbons (Fsp3) is 0.409. The number of alkyl halides is 3. The lowest BCUT2D eigenvalue weighted by atomic mass is 9.98. The van der Waals surface area contributed by atoms with Crippen molar-refractivity contribution >= 4 is 23.0 Å². The molecule has 2 aromatic carbocycles. The first kappa shape index (κ1) is 22.0. The number of nitrogens with one attached hydrogen (secondary N) is 1. The molecular weight excluding hydrogens is 393 g/mol. The number of hydrogen-bond donors (Lipinski definition) is 1. The van der Waals surface area contributed by atoms with Crippen LogP contribution in [0.3, 0.4) is 0 Å². The smallest absolute Gasteiger partial charge is 0.373 e. The number of fused-ring (bicyclic) bond motifs is 1. The van der Waals surface area contributed by atoms with Crippen LogP contribution in [-0.2, 0) is 6.18 Å². The van der Waals surface area contributed by atoms with Crippen molar-refractivity contribution in [3.05, 3.63) is 53.6 Å². The van der Waals surface area contributed by atoms with Crippen molar-refractivity contribution in [1.82, 2.24) is 4.90 Å². The summed E-state index contributed by atoms with van der Waals surface area (Å²) in [6, 6.07) is 10.3. The predicted octanol–water partition coefficient (Wildman–Crippen LogP) is 4.51. The standard InChI is InChI=1S/C22H27F3N4O/c1-21(2)26-17-7-6-8-18(28(5)14-13-27(3)4)19(17)20(30)29(21)16-11-9-15(10-12-16)22(23,24)25/h6-12,26H,13-14H2,1-5H3. The normalized spacial score (nSPS) is 15.8. The van der Waals surface area contributed by atoms with Gasteiger partial charge in [-0.25, -0.2) is 0 Å². The molecule has 3 rings (SSSR count). The van der Waals surface area contributed by atoms with Gasteiger partial charge in [-0.2, -0.15) is 13.2 Å². The zero-order valence-corrected chi connectivity index (χ0v) is 17.8. The molecule has 5 nitrogen and oxygen atoms in total. The van der Waals surface area contributed by atoms with E-state index in [1.165, 1.54) is 17.0 Å². The first-order valence-electron chi connectivity index (χ1n) is 9.70. The minimum atomic E-state index is -4.42. The quantitative estimate of drug-likeness (QED) is 0.773. The highest BCUT2D eigenvalue weighted by Crippen LogP contribution is 2.40. The average molecular weight is 420 g/mol. The number of carbonyl (C=O) groups excluding carboxylic acids is 1. The number of amides is 1. The van der Waals surface area contributed by atoms with Crippen LogP contribution in [0.1, 0.15) is 29.8 Å². The van der Waals surface area contributed by atoms with E-state index in [0.717, 1.165) is 30.9 Å². The molecule has 0 aliphatic carbocycles. The molecule has 1 N–H and O–H groups in total. The SMILES string of the molecule is CN(C)CCN(C)c1cccc2c1C(=O)N(c1ccc(C(F)(F)F)cc1)C(C)(C)N2. The number of benzene rings is 2. The number of likely N-dealkylation sites (N-methyl/N-ethyl adjacent to an activating group) is 2. The maximum absolute atomic E-state index is 13.6. The van der Waals surface area contributed by atoms with Crippen molar-refractivity contribution in [2.75, 3.05) is 49.3 Å². The Bertz CT molecular complexity index is 923. The van der Waals surface area contributed by atoms with Gasteiger partial charge >= 0.3 is 6.18 Å². The van der Waals surface area contributed by atoms with Crippen LogP contribution >= 0.6 is 0 Å². The number of rotatable bonds is 5. The fourth-order valence-corrected chi connectivity index (χ4v) is 3.65. The molecule has 8 heteroatoms. The largest absolute Gasteiger partial charge is 0.416 e. The molecule has 1 amide bonds. The highest BCUT2D eigenvalue weighted by atomic mass is 19.4. The fourth-order valence-electron chi connectivity index (χ4n) is 3.65. The number of halogens is 3. The molecule has 30 heavy (non-hydrogen) atoms. The molecule has 1 aliphatic rings. The van der Waals surface area contributed by atoms with Gasteiger partial charge in [0.2, 0.25) is 0 Å². The van der Waals surface area contributed by atoms with Gasteiger partial charge in [-0.1, -0.05) is 6.07 Å². The Morgan fingerprint density at radius 3 is 2.20 bits per heavy atom. The predicted molar refractivity (Wildman–Crippen MR) is 114 cm³/mol. The Morgan fingerprint density at radius 2 is 1.63 bits per heavy atom. The molecule has 0 saturated carbocycles. The third kappa shape index (κ3) is 4.23. The van der Waals surface area contributed by atoms with E-state index in [1.54, 1.807) is 0 Å². The van der Waals surface area contributed by atoms with Crippen LogP contribution in [0.25, 0.3) is 0 Å². The third-order valence-corrected chi connectivity index (χ3v) is 5.21. The molecule has 0 unspecified atom stereocenters. The summed E-state index contributed by atoms with van der Waals surface area (Å²) in [4.78, 5) is 19.2. The second-order valence-corrected chi connectivity index (χ2v) is 8.29. The van der Waals surface area contributed by atoms with E-state index in [-0.39, 0.29) is 5.91 Å². The van der Waals surface area contributed by atoms with Gasteiger partial charge in [0.05, 0.1) is 22.5 Å². The lowest BCUT2D eigenvalue weighted by molar-refractivity contribution is -0.137. The van der Waals surface area contributed by atoms with Crippen LogP contribution in [0.5, 0.6) is 0 Å². The van der Waals surface area contributed by atoms with Crippen LogP contribution in [0, 0.1) is 0 Å². The zero-order valence-electron chi connectivity index (χ0n) is 17.8. The summed E-state index contributed by atoms with van der Waals surface area (Å²) < 4.78 is 38.9. The number of nitrogens with zero attached hydrogens (tertiary/aromatic N) is 3. The van der Waals surface area contributed by atoms with Gasteiger partial charge in [-0.3, -0.25) is 9.69 Å². The van der Waals surface area contributed by atoms with Gasteiger partial charge in [0.15, 0.2) is 0 Å². The van der Waals surface area contributed by atoms with Gasteiger partial charge in [0.25, 0.3) is 5.91 Å². The lowest BCUT2D eigenvalue weighted by Gasteiger charge is -2.45. The minimum Gasteiger partial charge on any atom is -0.373 e. The molecule has 0 aromatic heterocycles. The topological polar surface area (TPSA) is 38.8 Å². The first-order chi connectivity index (χ1) is 13.9. The van der Waals surface area contributed by atoms with E-state index in [9.17, 15) is 18.0 Å². The van der Waals surface area contributed by atoms with Gasteiger partial charge in [0, 0.05) is 25.8 Å². The van der Waals surface area contributed by atoms with E-state index in [1.807, 2.05) is 58.1 Å². The van der Waals surface area contributed by atoms with E-state index in [0.29, 0.717) is 16.9 Å². The Morgan fingerprint density at radius 1 is 1.00 bits per heavy atom. The average Bonchev–Trinajstić information content (AvgIpc) is 2.64. The molecule has 0 radical (unpaired) electrons. The highest BCUT2D eigenvalue weighted by Gasteiger charge is 2.41. The van der Waals surface area contributed by atoms with Crippen molar-refractivity contribution in [3.8, 4) is 0 Å². The van der Waals surface area contributed by atoms with Crippen molar-refractivity contribution < 1.29 is 18.0 Å². The van der Waals surface area contributed by atoms with Crippen molar-refractivity contribution in [1.29, 1.82) is 0 Å². The molecule has 2 aromatic rings. The first-order valence-corrected chi connectivity index (χ1v) is 9.70. The molecule has 1 heterocycles. The summed E-state index contributed by atoms with van der Waals surface area (Å²) in [6.07, 6.45) is -4.42. The van der Waals surface area contributed by atoms with Crippen LogP contribution in [0.2, 0.25) is 0 Å². The highest BCUT2D eigenvalue weighted by molar-refractivity contribution is 6.16. The maximum atomic E-state index is 13.6. The third-order valence-electron chi connectivity index (χ3n) is 5.21. The summed E-state index contributed by atoms with van der Waals surface area (Å²) in [5.74, 6) is -0.249. The van der Waals surface area contributed by atoms with Crippen molar-refractivity contribution in [2.24, 2.45) is 0 Å².